The molecular weight excluding hydrogens is 434 g/mol. The van der Waals surface area contributed by atoms with Crippen LogP contribution in [0, 0.1) is 0 Å². The second-order valence-electron chi connectivity index (χ2n) is 7.07. The molecule has 2 aromatic carbocycles. The van der Waals surface area contributed by atoms with Crippen molar-refractivity contribution in [3.8, 4) is 5.75 Å². The fourth-order valence-electron chi connectivity index (χ4n) is 3.15. The molecule has 0 atom stereocenters. The van der Waals surface area contributed by atoms with E-state index < -0.39 is 29.9 Å². The van der Waals surface area contributed by atoms with Crippen LogP contribution in [0.15, 0.2) is 41.2 Å². The quantitative estimate of drug-likeness (QED) is 0.347. The van der Waals surface area contributed by atoms with Crippen LogP contribution in [0.4, 0.5) is 5.69 Å². The van der Waals surface area contributed by atoms with Crippen LogP contribution in [0.3, 0.4) is 0 Å². The second-order valence-corrected chi connectivity index (χ2v) is 7.07. The number of anilines is 1. The number of H-pyrrole nitrogens is 1. The first kappa shape index (κ1) is 21.5. The zero-order valence-electron chi connectivity index (χ0n) is 16.9. The Labute approximate surface area is 185 Å². The molecule has 0 fully saturated rings. The molecule has 2 heterocycles. The fourth-order valence-corrected chi connectivity index (χ4v) is 3.15. The molecule has 1 aliphatic rings. The van der Waals surface area contributed by atoms with Crippen LogP contribution < -0.4 is 26.2 Å². The van der Waals surface area contributed by atoms with Crippen molar-refractivity contribution in [3.63, 3.8) is 0 Å². The number of fused-ring (bicyclic) bond motifs is 2. The summed E-state index contributed by atoms with van der Waals surface area (Å²) in [5.74, 6) is -2.45. The number of ether oxygens (including phenoxy) is 1. The van der Waals surface area contributed by atoms with Crippen molar-refractivity contribution in [2.75, 3.05) is 18.5 Å². The summed E-state index contributed by atoms with van der Waals surface area (Å²) in [6, 6.07) is 9.10. The molecule has 0 saturated carbocycles. The summed E-state index contributed by atoms with van der Waals surface area (Å²) in [4.78, 5) is 65.5. The van der Waals surface area contributed by atoms with E-state index in [1.807, 2.05) is 0 Å². The highest BCUT2D eigenvalue weighted by atomic mass is 16.5. The molecule has 0 spiro atoms. The average molecular weight is 451 g/mol. The SMILES string of the molecule is O=C(O)CNC(=O)c1ccc2nc(C(=O)NCc3ccc4c(c3)NC(=O)CO4)[nH]c(=O)c2c1. The molecule has 0 aliphatic carbocycles. The number of carboxylic acids is 1. The van der Waals surface area contributed by atoms with Crippen LogP contribution in [-0.4, -0.2) is 51.9 Å². The Morgan fingerprint density at radius 3 is 2.67 bits per heavy atom. The summed E-state index contributed by atoms with van der Waals surface area (Å²) in [6.07, 6.45) is 0. The highest BCUT2D eigenvalue weighted by Crippen LogP contribution is 2.28. The van der Waals surface area contributed by atoms with Crippen LogP contribution in [0.1, 0.15) is 26.5 Å². The number of benzene rings is 2. The number of aromatic amines is 1. The maximum atomic E-state index is 12.5. The van der Waals surface area contributed by atoms with E-state index >= 15 is 0 Å². The Hall–Kier alpha value is -4.74. The lowest BCUT2D eigenvalue weighted by molar-refractivity contribution is -0.135. The van der Waals surface area contributed by atoms with Crippen LogP contribution in [0.25, 0.3) is 10.9 Å². The van der Waals surface area contributed by atoms with E-state index in [-0.39, 0.29) is 41.3 Å². The van der Waals surface area contributed by atoms with Crippen molar-refractivity contribution >= 4 is 40.3 Å². The van der Waals surface area contributed by atoms with Gasteiger partial charge in [0, 0.05) is 12.1 Å². The summed E-state index contributed by atoms with van der Waals surface area (Å²) in [5, 5.41) is 16.2. The maximum absolute atomic E-state index is 12.5. The zero-order valence-corrected chi connectivity index (χ0v) is 16.9. The van der Waals surface area contributed by atoms with Gasteiger partial charge in [0.05, 0.1) is 16.6 Å². The molecule has 1 aliphatic heterocycles. The molecule has 0 bridgehead atoms. The predicted octanol–water partition coefficient (Wildman–Crippen LogP) is -0.00160. The van der Waals surface area contributed by atoms with E-state index in [2.05, 4.69) is 25.9 Å². The highest BCUT2D eigenvalue weighted by molar-refractivity contribution is 5.99. The van der Waals surface area contributed by atoms with Gasteiger partial charge in [-0.15, -0.1) is 0 Å². The molecule has 0 unspecified atom stereocenters. The van der Waals surface area contributed by atoms with E-state index in [1.165, 1.54) is 18.2 Å². The summed E-state index contributed by atoms with van der Waals surface area (Å²) in [6.45, 7) is -0.515. The van der Waals surface area contributed by atoms with Gasteiger partial charge in [0.15, 0.2) is 12.4 Å². The average Bonchev–Trinajstić information content (AvgIpc) is 2.80. The fraction of sp³-hybridized carbons (Fsp3) is 0.143. The van der Waals surface area contributed by atoms with Gasteiger partial charge in [-0.3, -0.25) is 24.0 Å². The molecule has 0 saturated heterocycles. The van der Waals surface area contributed by atoms with E-state index in [4.69, 9.17) is 9.84 Å². The first-order valence-electron chi connectivity index (χ1n) is 9.68. The number of aromatic nitrogens is 2. The van der Waals surface area contributed by atoms with Crippen molar-refractivity contribution in [3.05, 3.63) is 63.7 Å². The Morgan fingerprint density at radius 1 is 1.06 bits per heavy atom. The molecule has 3 amide bonds. The van der Waals surface area contributed by atoms with Crippen LogP contribution >= 0.6 is 0 Å². The van der Waals surface area contributed by atoms with Gasteiger partial charge in [-0.2, -0.15) is 0 Å². The minimum Gasteiger partial charge on any atom is -0.482 e. The minimum atomic E-state index is -1.20. The third-order valence-corrected chi connectivity index (χ3v) is 4.71. The standard InChI is InChI=1S/C21H17N5O7/c27-16-9-33-15-4-1-10(5-14(15)24-16)7-22-21(32)18-25-13-3-2-11(6-12(13)20(31)26-18)19(30)23-8-17(28)29/h1-6H,7-9H2,(H,22,32)(H,23,30)(H,24,27)(H,28,29)(H,25,26,31). The first-order valence-corrected chi connectivity index (χ1v) is 9.68. The first-order chi connectivity index (χ1) is 15.8. The summed E-state index contributed by atoms with van der Waals surface area (Å²) in [5.41, 5.74) is 0.821. The number of carbonyl (C=O) groups is 4. The van der Waals surface area contributed by atoms with Crippen molar-refractivity contribution in [2.24, 2.45) is 0 Å². The molecule has 0 radical (unpaired) electrons. The van der Waals surface area contributed by atoms with Gasteiger partial charge in [-0.25, -0.2) is 4.98 Å². The zero-order chi connectivity index (χ0) is 23.5. The van der Waals surface area contributed by atoms with E-state index in [1.54, 1.807) is 18.2 Å². The van der Waals surface area contributed by atoms with Gasteiger partial charge in [0.2, 0.25) is 0 Å². The number of hydrogen-bond donors (Lipinski definition) is 5. The number of rotatable bonds is 6. The molecule has 12 nitrogen and oxygen atoms in total. The Morgan fingerprint density at radius 2 is 1.88 bits per heavy atom. The van der Waals surface area contributed by atoms with Crippen molar-refractivity contribution in [1.29, 1.82) is 0 Å². The lowest BCUT2D eigenvalue weighted by Gasteiger charge is -2.18. The van der Waals surface area contributed by atoms with Gasteiger partial charge >= 0.3 is 5.97 Å². The smallest absolute Gasteiger partial charge is 0.322 e. The molecule has 3 aromatic rings. The molecule has 168 valence electrons. The molecule has 4 rings (SSSR count). The third kappa shape index (κ3) is 4.79. The number of amides is 3. The summed E-state index contributed by atoms with van der Waals surface area (Å²) >= 11 is 0. The van der Waals surface area contributed by atoms with E-state index in [9.17, 15) is 24.0 Å². The number of hydrogen-bond acceptors (Lipinski definition) is 7. The lowest BCUT2D eigenvalue weighted by Crippen LogP contribution is -2.30. The summed E-state index contributed by atoms with van der Waals surface area (Å²) in [7, 11) is 0. The Kier molecular flexibility index (Phi) is 5.72. The molecule has 33 heavy (non-hydrogen) atoms. The van der Waals surface area contributed by atoms with Crippen molar-refractivity contribution < 1.29 is 29.0 Å². The number of nitrogens with one attached hydrogen (secondary N) is 4. The van der Waals surface area contributed by atoms with Crippen LogP contribution in [-0.2, 0) is 16.1 Å². The molecule has 1 aromatic heterocycles. The van der Waals surface area contributed by atoms with Gasteiger partial charge in [-0.1, -0.05) is 6.07 Å². The number of carboxylic acid groups (broad SMARTS) is 1. The number of nitrogens with zero attached hydrogens (tertiary/aromatic N) is 1. The third-order valence-electron chi connectivity index (χ3n) is 4.71. The molecular formula is C21H17N5O7. The van der Waals surface area contributed by atoms with E-state index in [0.29, 0.717) is 17.0 Å². The minimum absolute atomic E-state index is 0.0570. The van der Waals surface area contributed by atoms with Gasteiger partial charge < -0.3 is 30.8 Å². The molecule has 12 heteroatoms. The van der Waals surface area contributed by atoms with Crippen molar-refractivity contribution in [1.82, 2.24) is 20.6 Å². The maximum Gasteiger partial charge on any atom is 0.322 e. The summed E-state index contributed by atoms with van der Waals surface area (Å²) < 4.78 is 5.29. The van der Waals surface area contributed by atoms with Crippen LogP contribution in [0.2, 0.25) is 0 Å². The van der Waals surface area contributed by atoms with Gasteiger partial charge in [0.1, 0.15) is 12.3 Å². The van der Waals surface area contributed by atoms with Crippen LogP contribution in [0.5, 0.6) is 5.75 Å². The highest BCUT2D eigenvalue weighted by Gasteiger charge is 2.17. The topological polar surface area (TPSA) is 180 Å². The van der Waals surface area contributed by atoms with E-state index in [0.717, 1.165) is 0 Å². The predicted molar refractivity (Wildman–Crippen MR) is 114 cm³/mol. The Bertz CT molecular complexity index is 1360. The number of carbonyl (C=O) groups excluding carboxylic acids is 3. The largest absolute Gasteiger partial charge is 0.482 e. The lowest BCUT2D eigenvalue weighted by atomic mass is 10.1. The second kappa shape index (κ2) is 8.78. The monoisotopic (exact) mass is 451 g/mol. The normalized spacial score (nSPS) is 12.3. The van der Waals surface area contributed by atoms with Gasteiger partial charge in [-0.05, 0) is 35.9 Å². The van der Waals surface area contributed by atoms with Gasteiger partial charge in [0.25, 0.3) is 23.3 Å². The van der Waals surface area contributed by atoms with Crippen molar-refractivity contribution in [2.45, 2.75) is 6.54 Å². The Balaban J connectivity index is 1.48. The number of aliphatic carboxylic acids is 1. The molecule has 5 N–H and O–H groups in total.